The minimum absolute atomic E-state index is 0.0411. The lowest BCUT2D eigenvalue weighted by Crippen LogP contribution is -2.54. The molecule has 0 saturated heterocycles. The number of nitrogens with zero attached hydrogens (tertiary/aromatic N) is 1. The molecule has 1 aliphatic carbocycles. The predicted molar refractivity (Wildman–Crippen MR) is 66.8 cm³/mol. The van der Waals surface area contributed by atoms with E-state index in [9.17, 15) is 4.79 Å². The predicted octanol–water partition coefficient (Wildman–Crippen LogP) is 1.60. The maximum absolute atomic E-state index is 12.4. The third-order valence-corrected chi connectivity index (χ3v) is 3.83. The van der Waals surface area contributed by atoms with E-state index in [-0.39, 0.29) is 17.3 Å². The van der Waals surface area contributed by atoms with Gasteiger partial charge in [0.1, 0.15) is 5.41 Å². The van der Waals surface area contributed by atoms with Crippen LogP contribution < -0.4 is 11.1 Å². The van der Waals surface area contributed by atoms with Crippen molar-refractivity contribution in [1.82, 2.24) is 5.32 Å². The topological polar surface area (TPSA) is 87.7 Å². The van der Waals surface area contributed by atoms with Crippen LogP contribution in [-0.4, -0.2) is 22.5 Å². The Kier molecular flexibility index (Phi) is 4.01. The van der Waals surface area contributed by atoms with E-state index in [2.05, 4.69) is 10.5 Å². The number of rotatable bonds is 4. The van der Waals surface area contributed by atoms with Crippen LogP contribution in [0.3, 0.4) is 0 Å². The molecule has 1 amide bonds. The first kappa shape index (κ1) is 13.8. The molecule has 5 heteroatoms. The van der Waals surface area contributed by atoms with Crippen LogP contribution in [0.25, 0.3) is 0 Å². The highest BCUT2D eigenvalue weighted by molar-refractivity contribution is 6.07. The van der Waals surface area contributed by atoms with E-state index >= 15 is 0 Å². The molecule has 0 spiro atoms. The molecule has 0 radical (unpaired) electrons. The summed E-state index contributed by atoms with van der Waals surface area (Å²) < 4.78 is 0. The molecule has 0 aromatic carbocycles. The second-order valence-electron chi connectivity index (χ2n) is 5.47. The Hall–Kier alpha value is -1.26. The number of amides is 1. The van der Waals surface area contributed by atoms with Crippen LogP contribution in [-0.2, 0) is 4.79 Å². The van der Waals surface area contributed by atoms with Crippen LogP contribution in [0.4, 0.5) is 0 Å². The highest BCUT2D eigenvalue weighted by Gasteiger charge is 2.46. The average molecular weight is 241 g/mol. The molecular weight excluding hydrogens is 218 g/mol. The molecule has 17 heavy (non-hydrogen) atoms. The third kappa shape index (κ3) is 2.70. The van der Waals surface area contributed by atoms with Crippen molar-refractivity contribution in [2.24, 2.45) is 16.3 Å². The third-order valence-electron chi connectivity index (χ3n) is 3.83. The lowest BCUT2D eigenvalue weighted by Gasteiger charge is -2.32. The van der Waals surface area contributed by atoms with E-state index in [4.69, 9.17) is 10.9 Å². The summed E-state index contributed by atoms with van der Waals surface area (Å²) in [5, 5.41) is 14.9. The van der Waals surface area contributed by atoms with Gasteiger partial charge in [0, 0.05) is 5.54 Å². The van der Waals surface area contributed by atoms with Crippen LogP contribution >= 0.6 is 0 Å². The molecule has 1 saturated carbocycles. The van der Waals surface area contributed by atoms with E-state index in [1.165, 1.54) is 0 Å². The Balaban J connectivity index is 2.90. The number of nitrogens with one attached hydrogen (secondary N) is 1. The zero-order chi connectivity index (χ0) is 13.1. The molecule has 1 fully saturated rings. The van der Waals surface area contributed by atoms with Gasteiger partial charge in [0.2, 0.25) is 5.91 Å². The molecule has 98 valence electrons. The zero-order valence-electron chi connectivity index (χ0n) is 10.9. The highest BCUT2D eigenvalue weighted by atomic mass is 16.4. The van der Waals surface area contributed by atoms with Crippen LogP contribution in [0.1, 0.15) is 52.9 Å². The molecule has 0 aromatic rings. The Labute approximate surface area is 102 Å². The Morgan fingerprint density at radius 3 is 2.41 bits per heavy atom. The monoisotopic (exact) mass is 241 g/mol. The molecule has 0 bridgehead atoms. The summed E-state index contributed by atoms with van der Waals surface area (Å²) in [6, 6.07) is 0. The van der Waals surface area contributed by atoms with Gasteiger partial charge in [-0.3, -0.25) is 4.79 Å². The largest absolute Gasteiger partial charge is 0.409 e. The van der Waals surface area contributed by atoms with Gasteiger partial charge in [-0.05, 0) is 33.1 Å². The van der Waals surface area contributed by atoms with E-state index in [0.717, 1.165) is 19.3 Å². The molecule has 0 aliphatic heterocycles. The summed E-state index contributed by atoms with van der Waals surface area (Å²) in [5.41, 5.74) is 4.65. The molecule has 4 N–H and O–H groups in total. The maximum Gasteiger partial charge on any atom is 0.234 e. The number of hydrogen-bond donors (Lipinski definition) is 3. The highest BCUT2D eigenvalue weighted by Crippen LogP contribution is 2.39. The number of hydrogen-bond acceptors (Lipinski definition) is 3. The summed E-state index contributed by atoms with van der Waals surface area (Å²) >= 11 is 0. The Morgan fingerprint density at radius 1 is 1.47 bits per heavy atom. The van der Waals surface area contributed by atoms with Crippen molar-refractivity contribution < 1.29 is 10.0 Å². The van der Waals surface area contributed by atoms with Crippen LogP contribution in [0, 0.1) is 5.41 Å². The summed E-state index contributed by atoms with van der Waals surface area (Å²) in [5.74, 6) is -0.0726. The minimum Gasteiger partial charge on any atom is -0.409 e. The number of amidine groups is 1. The summed E-state index contributed by atoms with van der Waals surface area (Å²) in [6.45, 7) is 5.96. The maximum atomic E-state index is 12.4. The smallest absolute Gasteiger partial charge is 0.234 e. The fourth-order valence-corrected chi connectivity index (χ4v) is 2.19. The molecule has 0 unspecified atom stereocenters. The van der Waals surface area contributed by atoms with Gasteiger partial charge in [-0.2, -0.15) is 0 Å². The van der Waals surface area contributed by atoms with Gasteiger partial charge in [-0.25, -0.2) is 0 Å². The van der Waals surface area contributed by atoms with Crippen molar-refractivity contribution in [2.45, 2.75) is 58.4 Å². The second-order valence-corrected chi connectivity index (χ2v) is 5.47. The first-order valence-corrected chi connectivity index (χ1v) is 6.18. The molecule has 5 nitrogen and oxygen atoms in total. The number of carbonyl (C=O) groups is 1. The quantitative estimate of drug-likeness (QED) is 0.302. The Morgan fingerprint density at radius 2 is 2.00 bits per heavy atom. The summed E-state index contributed by atoms with van der Waals surface area (Å²) in [7, 11) is 0. The van der Waals surface area contributed by atoms with E-state index < -0.39 is 5.41 Å². The zero-order valence-corrected chi connectivity index (χ0v) is 10.9. The van der Waals surface area contributed by atoms with Crippen LogP contribution in [0.5, 0.6) is 0 Å². The Bertz CT molecular complexity index is 318. The summed E-state index contributed by atoms with van der Waals surface area (Å²) in [6.07, 6.45) is 4.04. The van der Waals surface area contributed by atoms with Crippen molar-refractivity contribution in [2.75, 3.05) is 0 Å². The van der Waals surface area contributed by atoms with Gasteiger partial charge >= 0.3 is 0 Å². The number of carbonyl (C=O) groups excluding carboxylic acids is 1. The first-order chi connectivity index (χ1) is 7.88. The van der Waals surface area contributed by atoms with Gasteiger partial charge in [0.25, 0.3) is 0 Å². The molecule has 0 heterocycles. The molecule has 1 rings (SSSR count). The van der Waals surface area contributed by atoms with E-state index in [1.54, 1.807) is 0 Å². The van der Waals surface area contributed by atoms with Crippen molar-refractivity contribution in [1.29, 1.82) is 0 Å². The van der Waals surface area contributed by atoms with E-state index in [1.807, 2.05) is 20.8 Å². The number of oxime groups is 1. The van der Waals surface area contributed by atoms with Gasteiger partial charge in [-0.1, -0.05) is 24.9 Å². The van der Waals surface area contributed by atoms with Crippen molar-refractivity contribution in [3.05, 3.63) is 0 Å². The molecule has 1 aliphatic rings. The van der Waals surface area contributed by atoms with Gasteiger partial charge < -0.3 is 16.3 Å². The SMILES string of the molecule is CCC(C)(C)NC(=O)C1(C(N)=NO)CCCC1. The minimum atomic E-state index is -0.804. The fourth-order valence-electron chi connectivity index (χ4n) is 2.19. The normalized spacial score (nSPS) is 20.3. The standard InChI is InChI=1S/C12H23N3O2/c1-4-11(2,3)14-10(16)12(9(13)15-17)7-5-6-8-12/h17H,4-8H2,1-3H3,(H2,13,15)(H,14,16). The van der Waals surface area contributed by atoms with Crippen LogP contribution in [0.15, 0.2) is 5.16 Å². The van der Waals surface area contributed by atoms with Crippen LogP contribution in [0.2, 0.25) is 0 Å². The van der Waals surface area contributed by atoms with Gasteiger partial charge in [-0.15, -0.1) is 0 Å². The van der Waals surface area contributed by atoms with Crippen molar-refractivity contribution >= 4 is 11.7 Å². The van der Waals surface area contributed by atoms with Crippen molar-refractivity contribution in [3.8, 4) is 0 Å². The van der Waals surface area contributed by atoms with Crippen molar-refractivity contribution in [3.63, 3.8) is 0 Å². The lowest BCUT2D eigenvalue weighted by molar-refractivity contribution is -0.129. The first-order valence-electron chi connectivity index (χ1n) is 6.18. The molecule has 0 atom stereocenters. The van der Waals surface area contributed by atoms with E-state index in [0.29, 0.717) is 12.8 Å². The summed E-state index contributed by atoms with van der Waals surface area (Å²) in [4.78, 5) is 12.4. The average Bonchev–Trinajstić information content (AvgIpc) is 2.77. The second kappa shape index (κ2) is 4.94. The molecule has 0 aromatic heterocycles. The van der Waals surface area contributed by atoms with Gasteiger partial charge in [0.15, 0.2) is 5.84 Å². The molecular formula is C12H23N3O2. The fraction of sp³-hybridized carbons (Fsp3) is 0.833. The van der Waals surface area contributed by atoms with Gasteiger partial charge in [0.05, 0.1) is 0 Å². The number of nitrogens with two attached hydrogens (primary N) is 1. The lowest BCUT2D eigenvalue weighted by atomic mass is 9.82.